The topological polar surface area (TPSA) is 108 Å². The smallest absolute Gasteiger partial charge is 0.259 e. The Morgan fingerprint density at radius 2 is 1.55 bits per heavy atom. The molecule has 154 valence electrons. The van der Waals surface area contributed by atoms with Crippen molar-refractivity contribution < 1.29 is 29.3 Å². The molecule has 2 amide bonds. The van der Waals surface area contributed by atoms with Crippen molar-refractivity contribution in [2.45, 2.75) is 18.9 Å². The van der Waals surface area contributed by atoms with Gasteiger partial charge in [0.05, 0.1) is 14.2 Å². The Balaban J connectivity index is 1.63. The van der Waals surface area contributed by atoms with Gasteiger partial charge in [-0.15, -0.1) is 0 Å². The Labute approximate surface area is 168 Å². The van der Waals surface area contributed by atoms with E-state index in [-0.39, 0.29) is 34.9 Å². The number of methoxy groups -OCH3 is 2. The number of phenols is 2. The van der Waals surface area contributed by atoms with Gasteiger partial charge in [0.1, 0.15) is 28.6 Å². The lowest BCUT2D eigenvalue weighted by Gasteiger charge is -2.32. The summed E-state index contributed by atoms with van der Waals surface area (Å²) in [5, 5.41) is 22.1. The minimum absolute atomic E-state index is 0.0984. The van der Waals surface area contributed by atoms with E-state index >= 15 is 0 Å². The summed E-state index contributed by atoms with van der Waals surface area (Å²) in [5.74, 6) is -0.0341. The molecule has 0 bridgehead atoms. The van der Waals surface area contributed by atoms with Gasteiger partial charge < -0.3 is 29.9 Å². The zero-order valence-corrected chi connectivity index (χ0v) is 16.3. The number of hydrogen-bond donors (Lipinski definition) is 3. The molecule has 3 rings (SSSR count). The maximum absolute atomic E-state index is 12.8. The molecule has 2 aromatic carbocycles. The number of likely N-dealkylation sites (tertiary alicyclic amines) is 1. The van der Waals surface area contributed by atoms with Crippen molar-refractivity contribution in [2.75, 3.05) is 27.3 Å². The molecule has 3 N–H and O–H groups in total. The van der Waals surface area contributed by atoms with Gasteiger partial charge in [-0.1, -0.05) is 6.07 Å². The van der Waals surface area contributed by atoms with Gasteiger partial charge in [-0.25, -0.2) is 0 Å². The largest absolute Gasteiger partial charge is 0.508 e. The quantitative estimate of drug-likeness (QED) is 0.710. The highest BCUT2D eigenvalue weighted by Crippen LogP contribution is 2.28. The standard InChI is InChI=1S/C21H24N2O6/c1-28-17-4-3-5-18(29-2)19(17)20(26)22-14-6-8-23(9-7-14)21(27)13-10-15(24)12-16(25)11-13/h3-5,10-12,14,24-25H,6-9H2,1-2H3,(H,22,26). The number of hydrogen-bond acceptors (Lipinski definition) is 6. The molecule has 1 heterocycles. The number of carbonyl (C=O) groups is 2. The number of amides is 2. The summed E-state index contributed by atoms with van der Waals surface area (Å²) >= 11 is 0. The second-order valence-electron chi connectivity index (χ2n) is 6.82. The maximum atomic E-state index is 12.8. The van der Waals surface area contributed by atoms with Gasteiger partial charge in [0.2, 0.25) is 0 Å². The third kappa shape index (κ3) is 4.53. The van der Waals surface area contributed by atoms with Crippen LogP contribution in [-0.2, 0) is 0 Å². The second kappa shape index (κ2) is 8.72. The minimum Gasteiger partial charge on any atom is -0.508 e. The van der Waals surface area contributed by atoms with Crippen LogP contribution in [0.4, 0.5) is 0 Å². The zero-order valence-electron chi connectivity index (χ0n) is 16.3. The summed E-state index contributed by atoms with van der Waals surface area (Å²) in [4.78, 5) is 27.0. The highest BCUT2D eigenvalue weighted by atomic mass is 16.5. The van der Waals surface area contributed by atoms with Crippen LogP contribution >= 0.6 is 0 Å². The van der Waals surface area contributed by atoms with Crippen molar-refractivity contribution >= 4 is 11.8 Å². The van der Waals surface area contributed by atoms with Crippen LogP contribution in [0, 0.1) is 0 Å². The first-order valence-electron chi connectivity index (χ1n) is 9.27. The van der Waals surface area contributed by atoms with Crippen molar-refractivity contribution in [2.24, 2.45) is 0 Å². The molecule has 0 atom stereocenters. The van der Waals surface area contributed by atoms with E-state index in [1.807, 2.05) is 0 Å². The van der Waals surface area contributed by atoms with Gasteiger partial charge in [-0.05, 0) is 37.1 Å². The number of benzene rings is 2. The van der Waals surface area contributed by atoms with E-state index in [1.54, 1.807) is 23.1 Å². The van der Waals surface area contributed by atoms with E-state index < -0.39 is 0 Å². The monoisotopic (exact) mass is 400 g/mol. The lowest BCUT2D eigenvalue weighted by Crippen LogP contribution is -2.46. The number of piperidine rings is 1. The second-order valence-corrected chi connectivity index (χ2v) is 6.82. The number of rotatable bonds is 5. The van der Waals surface area contributed by atoms with E-state index in [2.05, 4.69) is 5.32 Å². The van der Waals surface area contributed by atoms with Crippen molar-refractivity contribution in [1.82, 2.24) is 10.2 Å². The number of carbonyl (C=O) groups excluding carboxylic acids is 2. The first-order chi connectivity index (χ1) is 13.9. The van der Waals surface area contributed by atoms with Crippen molar-refractivity contribution in [3.63, 3.8) is 0 Å². The van der Waals surface area contributed by atoms with Crippen LogP contribution in [0.2, 0.25) is 0 Å². The fraction of sp³-hybridized carbons (Fsp3) is 0.333. The normalized spacial score (nSPS) is 14.3. The molecule has 8 heteroatoms. The molecule has 1 fully saturated rings. The first-order valence-corrected chi connectivity index (χ1v) is 9.27. The molecule has 1 aliphatic rings. The fourth-order valence-corrected chi connectivity index (χ4v) is 3.46. The third-order valence-electron chi connectivity index (χ3n) is 4.92. The minimum atomic E-state index is -0.290. The van der Waals surface area contributed by atoms with Gasteiger partial charge in [-0.2, -0.15) is 0 Å². The molecular formula is C21H24N2O6. The van der Waals surface area contributed by atoms with Gasteiger partial charge in [0, 0.05) is 30.8 Å². The summed E-state index contributed by atoms with van der Waals surface area (Å²) in [6.07, 6.45) is 1.17. The molecule has 1 saturated heterocycles. The van der Waals surface area contributed by atoms with Gasteiger partial charge in [0.25, 0.3) is 11.8 Å². The first kappa shape index (κ1) is 20.3. The maximum Gasteiger partial charge on any atom is 0.259 e. The van der Waals surface area contributed by atoms with Crippen LogP contribution in [0.5, 0.6) is 23.0 Å². The number of aromatic hydroxyl groups is 2. The molecular weight excluding hydrogens is 376 g/mol. The summed E-state index contributed by atoms with van der Waals surface area (Å²) in [6.45, 7) is 0.895. The third-order valence-corrected chi connectivity index (χ3v) is 4.92. The Bertz CT molecular complexity index is 864. The molecule has 0 spiro atoms. The molecule has 1 aliphatic heterocycles. The van der Waals surface area contributed by atoms with Crippen LogP contribution in [0.3, 0.4) is 0 Å². The molecule has 0 aliphatic carbocycles. The molecule has 8 nitrogen and oxygen atoms in total. The lowest BCUT2D eigenvalue weighted by atomic mass is 10.0. The summed E-state index contributed by atoms with van der Waals surface area (Å²) < 4.78 is 10.6. The van der Waals surface area contributed by atoms with Crippen LogP contribution in [-0.4, -0.2) is 60.3 Å². The zero-order chi connectivity index (χ0) is 21.0. The van der Waals surface area contributed by atoms with Crippen molar-refractivity contribution in [3.05, 3.63) is 47.5 Å². The van der Waals surface area contributed by atoms with Gasteiger partial charge >= 0.3 is 0 Å². The molecule has 29 heavy (non-hydrogen) atoms. The Hall–Kier alpha value is -3.42. The highest BCUT2D eigenvalue weighted by Gasteiger charge is 2.27. The lowest BCUT2D eigenvalue weighted by molar-refractivity contribution is 0.0697. The number of phenolic OH excluding ortho intramolecular Hbond substituents is 2. The van der Waals surface area contributed by atoms with Gasteiger partial charge in [-0.3, -0.25) is 9.59 Å². The molecule has 2 aromatic rings. The highest BCUT2D eigenvalue weighted by molar-refractivity contribution is 6.00. The summed E-state index contributed by atoms with van der Waals surface area (Å²) in [6, 6.07) is 8.86. The Kier molecular flexibility index (Phi) is 6.11. The van der Waals surface area contributed by atoms with E-state index in [4.69, 9.17) is 9.47 Å². The van der Waals surface area contributed by atoms with E-state index in [9.17, 15) is 19.8 Å². The van der Waals surface area contributed by atoms with E-state index in [1.165, 1.54) is 32.4 Å². The Morgan fingerprint density at radius 3 is 2.07 bits per heavy atom. The van der Waals surface area contributed by atoms with Crippen LogP contribution in [0.15, 0.2) is 36.4 Å². The predicted molar refractivity (Wildman–Crippen MR) is 106 cm³/mol. The average molecular weight is 400 g/mol. The fourth-order valence-electron chi connectivity index (χ4n) is 3.46. The number of nitrogens with one attached hydrogen (secondary N) is 1. The van der Waals surface area contributed by atoms with Crippen LogP contribution in [0.25, 0.3) is 0 Å². The number of ether oxygens (including phenoxy) is 2. The van der Waals surface area contributed by atoms with E-state index in [0.717, 1.165) is 0 Å². The molecule has 0 saturated carbocycles. The Morgan fingerprint density at radius 1 is 1.00 bits per heavy atom. The van der Waals surface area contributed by atoms with E-state index in [0.29, 0.717) is 43.0 Å². The predicted octanol–water partition coefficient (Wildman–Crippen LogP) is 2.15. The average Bonchev–Trinajstić information content (AvgIpc) is 2.72. The van der Waals surface area contributed by atoms with Crippen LogP contribution in [0.1, 0.15) is 33.6 Å². The summed E-state index contributed by atoms with van der Waals surface area (Å²) in [5.41, 5.74) is 0.565. The van der Waals surface area contributed by atoms with Crippen LogP contribution < -0.4 is 14.8 Å². The number of nitrogens with zero attached hydrogens (tertiary/aromatic N) is 1. The molecule has 0 aromatic heterocycles. The summed E-state index contributed by atoms with van der Waals surface area (Å²) in [7, 11) is 2.99. The van der Waals surface area contributed by atoms with Gasteiger partial charge in [0.15, 0.2) is 0 Å². The van der Waals surface area contributed by atoms with Crippen molar-refractivity contribution in [1.29, 1.82) is 0 Å². The SMILES string of the molecule is COc1cccc(OC)c1C(=O)NC1CCN(C(=O)c2cc(O)cc(O)c2)CC1. The van der Waals surface area contributed by atoms with Crippen molar-refractivity contribution in [3.8, 4) is 23.0 Å². The molecule has 0 unspecified atom stereocenters. The molecule has 0 radical (unpaired) electrons.